The number of hydrogen-bond acceptors (Lipinski definition) is 4. The number of benzene rings is 2. The van der Waals surface area contributed by atoms with Gasteiger partial charge in [-0.1, -0.05) is 30.3 Å². The summed E-state index contributed by atoms with van der Waals surface area (Å²) in [7, 11) is -3.62. The first kappa shape index (κ1) is 16.8. The number of nitrogens with zero attached hydrogens (tertiary/aromatic N) is 2. The Morgan fingerprint density at radius 3 is 2.42 bits per heavy atom. The lowest BCUT2D eigenvalue weighted by molar-refractivity contribution is 0.495. The Kier molecular flexibility index (Phi) is 3.88. The Morgan fingerprint density at radius 2 is 1.77 bits per heavy atom. The summed E-state index contributed by atoms with van der Waals surface area (Å²) in [6.45, 7) is 5.58. The van der Waals surface area contributed by atoms with Gasteiger partial charge in [0.2, 0.25) is 0 Å². The van der Waals surface area contributed by atoms with Crippen molar-refractivity contribution < 1.29 is 12.8 Å². The number of aryl methyl sites for hydroxylation is 2. The summed E-state index contributed by atoms with van der Waals surface area (Å²) in [5, 5.41) is 0. The second-order valence-corrected chi connectivity index (χ2v) is 8.46. The standard InChI is InChI=1S/C20H20N2O3S/c1-13-12-17-6-4-5-7-19(17)22(13)26(23,24)18-10-8-16(9-11-18)20-14(2)25-15(3)21-20/h4-11,13H,12H2,1-3H3. The lowest BCUT2D eigenvalue weighted by atomic mass is 10.1. The van der Waals surface area contributed by atoms with Gasteiger partial charge in [0.1, 0.15) is 11.5 Å². The van der Waals surface area contributed by atoms with Crippen LogP contribution in [0.4, 0.5) is 5.69 Å². The maximum absolute atomic E-state index is 13.2. The smallest absolute Gasteiger partial charge is 0.264 e. The third-order valence-corrected chi connectivity index (χ3v) is 6.68. The molecule has 0 saturated heterocycles. The number of fused-ring (bicyclic) bond motifs is 1. The molecule has 0 spiro atoms. The zero-order chi connectivity index (χ0) is 18.5. The molecule has 0 radical (unpaired) electrons. The van der Waals surface area contributed by atoms with Crippen molar-refractivity contribution >= 4 is 15.7 Å². The van der Waals surface area contributed by atoms with Gasteiger partial charge in [0.25, 0.3) is 10.0 Å². The molecule has 5 nitrogen and oxygen atoms in total. The molecule has 1 aromatic heterocycles. The molecule has 1 atom stereocenters. The highest BCUT2D eigenvalue weighted by Gasteiger charge is 2.35. The minimum atomic E-state index is -3.62. The summed E-state index contributed by atoms with van der Waals surface area (Å²) < 4.78 is 33.4. The number of oxazole rings is 1. The van der Waals surface area contributed by atoms with Crippen LogP contribution in [0.5, 0.6) is 0 Å². The van der Waals surface area contributed by atoms with Gasteiger partial charge in [-0.2, -0.15) is 0 Å². The molecule has 134 valence electrons. The van der Waals surface area contributed by atoms with E-state index in [1.807, 2.05) is 38.1 Å². The summed E-state index contributed by atoms with van der Waals surface area (Å²) in [4.78, 5) is 4.65. The number of aromatic nitrogens is 1. The average molecular weight is 368 g/mol. The van der Waals surface area contributed by atoms with Crippen LogP contribution >= 0.6 is 0 Å². The molecule has 0 aliphatic carbocycles. The number of sulfonamides is 1. The van der Waals surface area contributed by atoms with E-state index in [0.717, 1.165) is 34.7 Å². The van der Waals surface area contributed by atoms with E-state index < -0.39 is 10.0 Å². The maximum atomic E-state index is 13.2. The predicted octanol–water partition coefficient (Wildman–Crippen LogP) is 4.10. The largest absolute Gasteiger partial charge is 0.446 e. The van der Waals surface area contributed by atoms with E-state index in [1.165, 1.54) is 4.31 Å². The van der Waals surface area contributed by atoms with Gasteiger partial charge in [0.15, 0.2) is 5.89 Å². The Labute approximate surface area is 153 Å². The van der Waals surface area contributed by atoms with Gasteiger partial charge in [0.05, 0.1) is 10.6 Å². The lowest BCUT2D eigenvalue weighted by Gasteiger charge is -2.24. The fourth-order valence-corrected chi connectivity index (χ4v) is 5.29. The second kappa shape index (κ2) is 5.99. The maximum Gasteiger partial charge on any atom is 0.264 e. The Hall–Kier alpha value is -2.60. The van der Waals surface area contributed by atoms with Crippen LogP contribution in [0.15, 0.2) is 57.8 Å². The minimum absolute atomic E-state index is 0.0995. The molecule has 0 fully saturated rings. The second-order valence-electron chi connectivity index (χ2n) is 6.64. The van der Waals surface area contributed by atoms with Gasteiger partial charge in [-0.15, -0.1) is 0 Å². The fourth-order valence-electron chi connectivity index (χ4n) is 3.60. The van der Waals surface area contributed by atoms with Crippen molar-refractivity contribution in [1.82, 2.24) is 4.98 Å². The molecule has 6 heteroatoms. The number of para-hydroxylation sites is 1. The summed E-state index contributed by atoms with van der Waals surface area (Å²) in [6.07, 6.45) is 0.727. The van der Waals surface area contributed by atoms with Crippen LogP contribution in [0.3, 0.4) is 0 Å². The van der Waals surface area contributed by atoms with Gasteiger partial charge in [0, 0.05) is 18.5 Å². The molecule has 1 aliphatic rings. The first-order chi connectivity index (χ1) is 12.4. The number of hydrogen-bond donors (Lipinski definition) is 0. The van der Waals surface area contributed by atoms with Crippen LogP contribution < -0.4 is 4.31 Å². The molecule has 0 saturated carbocycles. The monoisotopic (exact) mass is 368 g/mol. The molecule has 4 rings (SSSR count). The van der Waals surface area contributed by atoms with Gasteiger partial charge in [-0.05, 0) is 44.0 Å². The van der Waals surface area contributed by atoms with Gasteiger partial charge in [-0.3, -0.25) is 4.31 Å². The molecule has 3 aromatic rings. The molecule has 2 aromatic carbocycles. The first-order valence-corrected chi connectivity index (χ1v) is 9.99. The normalized spacial score (nSPS) is 16.7. The van der Waals surface area contributed by atoms with Crippen LogP contribution in [0, 0.1) is 13.8 Å². The Morgan fingerprint density at radius 1 is 1.08 bits per heavy atom. The highest BCUT2D eigenvalue weighted by molar-refractivity contribution is 7.92. The SMILES string of the molecule is Cc1nc(-c2ccc(S(=O)(=O)N3c4ccccc4CC3C)cc2)c(C)o1. The van der Waals surface area contributed by atoms with E-state index in [2.05, 4.69) is 4.98 Å². The van der Waals surface area contributed by atoms with Crippen molar-refractivity contribution in [2.24, 2.45) is 0 Å². The van der Waals surface area contributed by atoms with Crippen LogP contribution in [0.1, 0.15) is 24.1 Å². The van der Waals surface area contributed by atoms with E-state index in [9.17, 15) is 8.42 Å². The van der Waals surface area contributed by atoms with Crippen molar-refractivity contribution in [2.45, 2.75) is 38.1 Å². The fraction of sp³-hybridized carbons (Fsp3) is 0.250. The van der Waals surface area contributed by atoms with Crippen LogP contribution in [0.25, 0.3) is 11.3 Å². The molecule has 1 aliphatic heterocycles. The number of anilines is 1. The molecule has 0 N–H and O–H groups in total. The summed E-state index contributed by atoms with van der Waals surface area (Å²) in [6, 6.07) is 14.4. The van der Waals surface area contributed by atoms with E-state index in [4.69, 9.17) is 4.42 Å². The van der Waals surface area contributed by atoms with Crippen molar-refractivity contribution in [1.29, 1.82) is 0 Å². The van der Waals surface area contributed by atoms with Crippen molar-refractivity contribution in [3.63, 3.8) is 0 Å². The molecule has 0 amide bonds. The minimum Gasteiger partial charge on any atom is -0.446 e. The van der Waals surface area contributed by atoms with Crippen LogP contribution in [0.2, 0.25) is 0 Å². The third kappa shape index (κ3) is 2.61. The Balaban J connectivity index is 1.72. The van der Waals surface area contributed by atoms with Crippen molar-refractivity contribution in [2.75, 3.05) is 4.31 Å². The van der Waals surface area contributed by atoms with Crippen LogP contribution in [-0.2, 0) is 16.4 Å². The van der Waals surface area contributed by atoms with Crippen molar-refractivity contribution in [3.05, 3.63) is 65.7 Å². The highest BCUT2D eigenvalue weighted by atomic mass is 32.2. The molecule has 2 heterocycles. The summed E-state index contributed by atoms with van der Waals surface area (Å²) in [5.41, 5.74) is 3.42. The molecule has 0 bridgehead atoms. The topological polar surface area (TPSA) is 63.4 Å². The van der Waals surface area contributed by atoms with Crippen molar-refractivity contribution in [3.8, 4) is 11.3 Å². The zero-order valence-electron chi connectivity index (χ0n) is 14.9. The Bertz CT molecular complexity index is 1070. The van der Waals surface area contributed by atoms with Crippen LogP contribution in [-0.4, -0.2) is 19.4 Å². The lowest BCUT2D eigenvalue weighted by Crippen LogP contribution is -2.35. The van der Waals surface area contributed by atoms with E-state index in [1.54, 1.807) is 31.2 Å². The highest BCUT2D eigenvalue weighted by Crippen LogP contribution is 2.36. The van der Waals surface area contributed by atoms with Gasteiger partial charge < -0.3 is 4.42 Å². The summed E-state index contributed by atoms with van der Waals surface area (Å²) in [5.74, 6) is 1.32. The first-order valence-electron chi connectivity index (χ1n) is 8.55. The molecular weight excluding hydrogens is 348 g/mol. The molecule has 1 unspecified atom stereocenters. The average Bonchev–Trinajstić information content (AvgIpc) is 3.13. The van der Waals surface area contributed by atoms with Gasteiger partial charge >= 0.3 is 0 Å². The molecule has 26 heavy (non-hydrogen) atoms. The van der Waals surface area contributed by atoms with E-state index in [-0.39, 0.29) is 10.9 Å². The molecular formula is C20H20N2O3S. The summed E-state index contributed by atoms with van der Waals surface area (Å²) >= 11 is 0. The predicted molar refractivity (Wildman–Crippen MR) is 101 cm³/mol. The quantitative estimate of drug-likeness (QED) is 0.698. The third-order valence-electron chi connectivity index (χ3n) is 4.73. The zero-order valence-corrected chi connectivity index (χ0v) is 15.7. The van der Waals surface area contributed by atoms with E-state index in [0.29, 0.717) is 5.89 Å². The van der Waals surface area contributed by atoms with E-state index >= 15 is 0 Å². The van der Waals surface area contributed by atoms with Gasteiger partial charge in [-0.25, -0.2) is 13.4 Å². The number of rotatable bonds is 3.